The van der Waals surface area contributed by atoms with Crippen LogP contribution in [0.5, 0.6) is 0 Å². The summed E-state index contributed by atoms with van der Waals surface area (Å²) in [6.07, 6.45) is 0. The van der Waals surface area contributed by atoms with Gasteiger partial charge in [0.05, 0.1) is 0 Å². The molecule has 0 aromatic rings. The quantitative estimate of drug-likeness (QED) is 0.771. The summed E-state index contributed by atoms with van der Waals surface area (Å²) < 4.78 is 10.2. The van der Waals surface area contributed by atoms with E-state index in [4.69, 9.17) is 8.54 Å². The zero-order valence-electron chi connectivity index (χ0n) is 7.26. The third kappa shape index (κ3) is 18.2. The van der Waals surface area contributed by atoms with Gasteiger partial charge >= 0.3 is 8.80 Å². The minimum atomic E-state index is -2.75. The molecule has 5 heteroatoms. The topological polar surface area (TPSA) is 38.7 Å². The standard InChI is InChI=1S/C5H16O3Si2.4CH4/c1-7-10(5,6)8-9(2,3)4;;;;/h6H,1-5H3;4*1H4. The van der Waals surface area contributed by atoms with Crippen molar-refractivity contribution in [2.24, 2.45) is 0 Å². The lowest BCUT2D eigenvalue weighted by molar-refractivity contribution is 0.201. The zero-order chi connectivity index (χ0) is 8.41. The predicted molar refractivity (Wildman–Crippen MR) is 72.2 cm³/mol. The van der Waals surface area contributed by atoms with Crippen molar-refractivity contribution in [3.63, 3.8) is 0 Å². The Morgan fingerprint density at radius 2 is 1.14 bits per heavy atom. The Labute approximate surface area is 94.0 Å². The van der Waals surface area contributed by atoms with Gasteiger partial charge in [-0.1, -0.05) is 29.7 Å². The van der Waals surface area contributed by atoms with Crippen LogP contribution in [-0.4, -0.2) is 29.0 Å². The van der Waals surface area contributed by atoms with Crippen LogP contribution >= 0.6 is 0 Å². The fourth-order valence-corrected chi connectivity index (χ4v) is 5.49. The molecule has 1 unspecified atom stereocenters. The molecule has 3 nitrogen and oxygen atoms in total. The van der Waals surface area contributed by atoms with E-state index < -0.39 is 17.1 Å². The van der Waals surface area contributed by atoms with E-state index in [1.54, 1.807) is 6.55 Å². The van der Waals surface area contributed by atoms with Crippen LogP contribution in [0, 0.1) is 0 Å². The first-order chi connectivity index (χ1) is 4.27. The molecule has 14 heavy (non-hydrogen) atoms. The molecule has 94 valence electrons. The summed E-state index contributed by atoms with van der Waals surface area (Å²) in [6, 6.07) is 0. The smallest absolute Gasteiger partial charge is 0.416 e. The highest BCUT2D eigenvalue weighted by atomic mass is 28.5. The van der Waals surface area contributed by atoms with E-state index >= 15 is 0 Å². The van der Waals surface area contributed by atoms with Crippen molar-refractivity contribution < 1.29 is 13.3 Å². The van der Waals surface area contributed by atoms with Crippen molar-refractivity contribution in [2.75, 3.05) is 7.11 Å². The maximum atomic E-state index is 9.39. The third-order valence-electron chi connectivity index (χ3n) is 0.874. The average Bonchev–Trinajstić information content (AvgIpc) is 1.60. The van der Waals surface area contributed by atoms with Gasteiger partial charge in [0.2, 0.25) is 0 Å². The molecule has 1 N–H and O–H groups in total. The second-order valence-electron chi connectivity index (χ2n) is 3.32. The van der Waals surface area contributed by atoms with Crippen molar-refractivity contribution in [1.82, 2.24) is 0 Å². The highest BCUT2D eigenvalue weighted by Crippen LogP contribution is 2.11. The first kappa shape index (κ1) is 29.2. The van der Waals surface area contributed by atoms with Gasteiger partial charge in [0.25, 0.3) is 0 Å². The van der Waals surface area contributed by atoms with E-state index in [0.29, 0.717) is 0 Å². The van der Waals surface area contributed by atoms with E-state index in [1.807, 2.05) is 19.6 Å². The highest BCUT2D eigenvalue weighted by Gasteiger charge is 2.34. The lowest BCUT2D eigenvalue weighted by Crippen LogP contribution is -2.46. The second-order valence-corrected chi connectivity index (χ2v) is 10.6. The van der Waals surface area contributed by atoms with E-state index in [2.05, 4.69) is 0 Å². The van der Waals surface area contributed by atoms with Crippen molar-refractivity contribution in [3.8, 4) is 0 Å². The van der Waals surface area contributed by atoms with Gasteiger partial charge in [-0.2, -0.15) is 0 Å². The first-order valence-corrected chi connectivity index (χ1v) is 8.92. The van der Waals surface area contributed by atoms with Crippen LogP contribution in [0.4, 0.5) is 0 Å². The summed E-state index contributed by atoms with van der Waals surface area (Å²) in [7, 11) is -2.90. The van der Waals surface area contributed by atoms with E-state index in [1.165, 1.54) is 7.11 Å². The average molecular weight is 245 g/mol. The molecule has 0 rings (SSSR count). The molecule has 0 aliphatic carbocycles. The van der Waals surface area contributed by atoms with Gasteiger partial charge in [0.1, 0.15) is 0 Å². The molecule has 0 aliphatic heterocycles. The molecule has 0 aromatic heterocycles. The SMILES string of the molecule is C.C.C.C.CO[Si](C)(O)O[Si](C)(C)C. The van der Waals surface area contributed by atoms with Crippen molar-refractivity contribution in [1.29, 1.82) is 0 Å². The number of hydrogen-bond acceptors (Lipinski definition) is 3. The molecule has 0 saturated heterocycles. The summed E-state index contributed by atoms with van der Waals surface area (Å²) in [5, 5.41) is 0. The third-order valence-corrected chi connectivity index (χ3v) is 5.60. The first-order valence-electron chi connectivity index (χ1n) is 3.24. The molecule has 0 radical (unpaired) electrons. The van der Waals surface area contributed by atoms with Crippen LogP contribution in [-0.2, 0) is 8.54 Å². The van der Waals surface area contributed by atoms with Gasteiger partial charge in [-0.25, -0.2) is 0 Å². The summed E-state index contributed by atoms with van der Waals surface area (Å²) >= 11 is 0. The van der Waals surface area contributed by atoms with Crippen LogP contribution in [0.1, 0.15) is 29.7 Å². The van der Waals surface area contributed by atoms with E-state index in [0.717, 1.165) is 0 Å². The summed E-state index contributed by atoms with van der Waals surface area (Å²) in [5.74, 6) is 0. The van der Waals surface area contributed by atoms with E-state index in [-0.39, 0.29) is 29.7 Å². The Hall–Kier alpha value is 0.314. The molecule has 0 heterocycles. The zero-order valence-corrected chi connectivity index (χ0v) is 9.26. The van der Waals surface area contributed by atoms with Gasteiger partial charge in [-0.15, -0.1) is 0 Å². The van der Waals surface area contributed by atoms with Gasteiger partial charge < -0.3 is 13.3 Å². The van der Waals surface area contributed by atoms with Crippen LogP contribution < -0.4 is 0 Å². The maximum Gasteiger partial charge on any atom is 0.484 e. The monoisotopic (exact) mass is 244 g/mol. The molecule has 0 spiro atoms. The van der Waals surface area contributed by atoms with Crippen molar-refractivity contribution >= 4 is 17.1 Å². The van der Waals surface area contributed by atoms with Crippen LogP contribution in [0.15, 0.2) is 0 Å². The minimum Gasteiger partial charge on any atom is -0.416 e. The molecule has 1 atom stereocenters. The van der Waals surface area contributed by atoms with Crippen LogP contribution in [0.3, 0.4) is 0 Å². The highest BCUT2D eigenvalue weighted by molar-refractivity contribution is 6.79. The second kappa shape index (κ2) is 9.85. The lowest BCUT2D eigenvalue weighted by atomic mass is 11.8. The molecule has 0 aromatic carbocycles. The lowest BCUT2D eigenvalue weighted by Gasteiger charge is -2.26. The van der Waals surface area contributed by atoms with E-state index in [9.17, 15) is 4.80 Å². The molecule has 0 amide bonds. The molecule has 0 bridgehead atoms. The van der Waals surface area contributed by atoms with Crippen LogP contribution in [0.25, 0.3) is 0 Å². The predicted octanol–water partition coefficient (Wildman–Crippen LogP) is 3.59. The Bertz CT molecular complexity index is 111. The fourth-order valence-electron chi connectivity index (χ4n) is 0.610. The maximum absolute atomic E-state index is 9.39. The summed E-state index contributed by atoms with van der Waals surface area (Å²) in [4.78, 5) is 9.39. The van der Waals surface area contributed by atoms with Crippen molar-refractivity contribution in [2.45, 2.75) is 55.9 Å². The molecule has 0 saturated carbocycles. The van der Waals surface area contributed by atoms with Gasteiger partial charge in [-0.3, -0.25) is 0 Å². The Kier molecular flexibility index (Phi) is 20.6. The molecular formula is C9H32O3Si2. The van der Waals surface area contributed by atoms with Gasteiger partial charge in [-0.05, 0) is 19.6 Å². The normalized spacial score (nSPS) is 13.3. The number of hydrogen-bond donors (Lipinski definition) is 1. The van der Waals surface area contributed by atoms with Crippen molar-refractivity contribution in [3.05, 3.63) is 0 Å². The summed E-state index contributed by atoms with van der Waals surface area (Å²) in [5.41, 5.74) is 0. The molecule has 0 fully saturated rings. The molecule has 0 aliphatic rings. The Balaban J connectivity index is -0.0000000675. The van der Waals surface area contributed by atoms with Crippen LogP contribution in [0.2, 0.25) is 26.2 Å². The van der Waals surface area contributed by atoms with Gasteiger partial charge in [0.15, 0.2) is 8.32 Å². The summed E-state index contributed by atoms with van der Waals surface area (Å²) in [6.45, 7) is 7.69. The molecular weight excluding hydrogens is 212 g/mol. The minimum absolute atomic E-state index is 0. The number of rotatable bonds is 3. The largest absolute Gasteiger partial charge is 0.484 e. The van der Waals surface area contributed by atoms with Gasteiger partial charge in [0, 0.05) is 13.7 Å². The Morgan fingerprint density at radius 1 is 0.857 bits per heavy atom. The fraction of sp³-hybridized carbons (Fsp3) is 1.00. The Morgan fingerprint density at radius 3 is 1.21 bits per heavy atom.